The molecule has 0 N–H and O–H groups in total. The van der Waals surface area contributed by atoms with Gasteiger partial charge in [-0.3, -0.25) is 4.79 Å². The molecule has 0 aromatic heterocycles. The van der Waals surface area contributed by atoms with Gasteiger partial charge in [0, 0.05) is 5.56 Å². The number of aldehydes is 1. The van der Waals surface area contributed by atoms with E-state index in [1.165, 1.54) is 0 Å². The molecule has 0 radical (unpaired) electrons. The molecule has 0 heterocycles. The van der Waals surface area contributed by atoms with Crippen molar-refractivity contribution in [1.29, 1.82) is 0 Å². The van der Waals surface area contributed by atoms with Gasteiger partial charge in [-0.15, -0.1) is 0 Å². The molecule has 19 heavy (non-hydrogen) atoms. The minimum absolute atomic E-state index is 0.301. The van der Waals surface area contributed by atoms with Crippen LogP contribution in [0.4, 0.5) is 0 Å². The molecule has 1 rings (SSSR count). The highest BCUT2D eigenvalue weighted by atomic mass is 16.6. The van der Waals surface area contributed by atoms with Crippen molar-refractivity contribution < 1.29 is 23.8 Å². The largest absolute Gasteiger partial charge is 0.490 e. The molecule has 0 amide bonds. The van der Waals surface area contributed by atoms with E-state index in [0.717, 1.165) is 6.29 Å². The summed E-state index contributed by atoms with van der Waals surface area (Å²) in [6.07, 6.45) is -0.0117. The van der Waals surface area contributed by atoms with Crippen LogP contribution in [0.2, 0.25) is 0 Å². The van der Waals surface area contributed by atoms with Gasteiger partial charge in [0.15, 0.2) is 17.6 Å². The molecule has 0 fully saturated rings. The highest BCUT2D eigenvalue weighted by molar-refractivity contribution is 5.77. The SMILES string of the molecule is CCOC(=O)[C@H](C)Oc1ccc(C=O)cc1OCC. The van der Waals surface area contributed by atoms with Crippen molar-refractivity contribution in [2.75, 3.05) is 13.2 Å². The number of rotatable bonds is 7. The van der Waals surface area contributed by atoms with Gasteiger partial charge in [0.25, 0.3) is 0 Å². The molecule has 1 aromatic carbocycles. The number of carbonyl (C=O) groups is 2. The average molecular weight is 266 g/mol. The number of hydrogen-bond acceptors (Lipinski definition) is 5. The van der Waals surface area contributed by atoms with Crippen LogP contribution >= 0.6 is 0 Å². The maximum atomic E-state index is 11.5. The van der Waals surface area contributed by atoms with E-state index >= 15 is 0 Å². The first-order valence-corrected chi connectivity index (χ1v) is 6.17. The van der Waals surface area contributed by atoms with Crippen LogP contribution < -0.4 is 9.47 Å². The van der Waals surface area contributed by atoms with Crippen LogP contribution in [-0.4, -0.2) is 31.6 Å². The Bertz CT molecular complexity index is 441. The van der Waals surface area contributed by atoms with Gasteiger partial charge in [-0.05, 0) is 39.0 Å². The van der Waals surface area contributed by atoms with Gasteiger partial charge in [0.05, 0.1) is 13.2 Å². The van der Waals surface area contributed by atoms with Crippen molar-refractivity contribution in [2.45, 2.75) is 26.9 Å². The standard InChI is InChI=1S/C14H18O5/c1-4-17-13-8-11(9-15)6-7-12(13)19-10(3)14(16)18-5-2/h6-10H,4-5H2,1-3H3/t10-/m0/s1. The minimum atomic E-state index is -0.735. The summed E-state index contributed by atoms with van der Waals surface area (Å²) in [5.74, 6) is 0.403. The van der Waals surface area contributed by atoms with E-state index in [-0.39, 0.29) is 0 Å². The lowest BCUT2D eigenvalue weighted by molar-refractivity contribution is -0.150. The molecule has 0 unspecified atom stereocenters. The molecule has 104 valence electrons. The third-order valence-corrected chi connectivity index (χ3v) is 2.33. The van der Waals surface area contributed by atoms with Crippen molar-refractivity contribution in [3.63, 3.8) is 0 Å². The molecule has 0 spiro atoms. The lowest BCUT2D eigenvalue weighted by atomic mass is 10.2. The summed E-state index contributed by atoms with van der Waals surface area (Å²) in [6.45, 7) is 5.89. The van der Waals surface area contributed by atoms with Crippen molar-refractivity contribution in [3.05, 3.63) is 23.8 Å². The van der Waals surface area contributed by atoms with Crippen molar-refractivity contribution in [2.24, 2.45) is 0 Å². The Morgan fingerprint density at radius 3 is 2.58 bits per heavy atom. The summed E-state index contributed by atoms with van der Waals surface area (Å²) in [4.78, 5) is 22.2. The lowest BCUT2D eigenvalue weighted by Crippen LogP contribution is -2.26. The predicted octanol–water partition coefficient (Wildman–Crippen LogP) is 2.23. The number of ether oxygens (including phenoxy) is 3. The van der Waals surface area contributed by atoms with Gasteiger partial charge in [-0.25, -0.2) is 4.79 Å². The van der Waals surface area contributed by atoms with E-state index in [0.29, 0.717) is 30.3 Å². The molecule has 0 aliphatic rings. The molecule has 0 saturated heterocycles. The Balaban J connectivity index is 2.87. The summed E-state index contributed by atoms with van der Waals surface area (Å²) in [5.41, 5.74) is 0.486. The van der Waals surface area contributed by atoms with Gasteiger partial charge < -0.3 is 14.2 Å². The summed E-state index contributed by atoms with van der Waals surface area (Å²) in [5, 5.41) is 0. The van der Waals surface area contributed by atoms with E-state index in [2.05, 4.69) is 0 Å². The monoisotopic (exact) mass is 266 g/mol. The molecule has 0 aliphatic carbocycles. The average Bonchev–Trinajstić information content (AvgIpc) is 2.41. The van der Waals surface area contributed by atoms with Crippen LogP contribution in [-0.2, 0) is 9.53 Å². The highest BCUT2D eigenvalue weighted by Gasteiger charge is 2.18. The Morgan fingerprint density at radius 2 is 2.00 bits per heavy atom. The van der Waals surface area contributed by atoms with E-state index in [4.69, 9.17) is 14.2 Å². The molecule has 0 saturated carbocycles. The second kappa shape index (κ2) is 7.41. The van der Waals surface area contributed by atoms with Gasteiger partial charge >= 0.3 is 5.97 Å². The first kappa shape index (κ1) is 15.0. The van der Waals surface area contributed by atoms with Gasteiger partial charge in [-0.2, -0.15) is 0 Å². The van der Waals surface area contributed by atoms with Crippen molar-refractivity contribution in [3.8, 4) is 11.5 Å². The Labute approximate surface area is 112 Å². The van der Waals surface area contributed by atoms with E-state index in [9.17, 15) is 9.59 Å². The van der Waals surface area contributed by atoms with Gasteiger partial charge in [-0.1, -0.05) is 0 Å². The first-order valence-electron chi connectivity index (χ1n) is 6.17. The lowest BCUT2D eigenvalue weighted by Gasteiger charge is -2.16. The molecule has 1 atom stereocenters. The summed E-state index contributed by atoms with van der Waals surface area (Å²) in [7, 11) is 0. The fraction of sp³-hybridized carbons (Fsp3) is 0.429. The van der Waals surface area contributed by atoms with Crippen molar-refractivity contribution in [1.82, 2.24) is 0 Å². The Kier molecular flexibility index (Phi) is 5.85. The third kappa shape index (κ3) is 4.28. The zero-order chi connectivity index (χ0) is 14.3. The number of carbonyl (C=O) groups excluding carboxylic acids is 2. The number of esters is 1. The fourth-order valence-corrected chi connectivity index (χ4v) is 1.46. The smallest absolute Gasteiger partial charge is 0.347 e. The maximum absolute atomic E-state index is 11.5. The van der Waals surface area contributed by atoms with Crippen molar-refractivity contribution >= 4 is 12.3 Å². The normalized spacial score (nSPS) is 11.5. The zero-order valence-corrected chi connectivity index (χ0v) is 11.3. The van der Waals surface area contributed by atoms with E-state index in [1.807, 2.05) is 6.92 Å². The summed E-state index contributed by atoms with van der Waals surface area (Å²) in [6, 6.07) is 4.77. The number of benzene rings is 1. The van der Waals surface area contributed by atoms with Crippen LogP contribution in [0, 0.1) is 0 Å². The molecular formula is C14H18O5. The molecule has 5 heteroatoms. The van der Waals surface area contributed by atoms with Crippen LogP contribution in [0.1, 0.15) is 31.1 Å². The number of hydrogen-bond donors (Lipinski definition) is 0. The third-order valence-electron chi connectivity index (χ3n) is 2.33. The Hall–Kier alpha value is -2.04. The molecule has 1 aromatic rings. The maximum Gasteiger partial charge on any atom is 0.347 e. The zero-order valence-electron chi connectivity index (χ0n) is 11.3. The quantitative estimate of drug-likeness (QED) is 0.559. The Morgan fingerprint density at radius 1 is 1.26 bits per heavy atom. The van der Waals surface area contributed by atoms with Crippen LogP contribution in [0.15, 0.2) is 18.2 Å². The predicted molar refractivity (Wildman–Crippen MR) is 69.7 cm³/mol. The second-order valence-electron chi connectivity index (χ2n) is 3.77. The van der Waals surface area contributed by atoms with Gasteiger partial charge in [0.2, 0.25) is 0 Å². The van der Waals surface area contributed by atoms with Gasteiger partial charge in [0.1, 0.15) is 6.29 Å². The van der Waals surface area contributed by atoms with Crippen LogP contribution in [0.25, 0.3) is 0 Å². The molecular weight excluding hydrogens is 248 g/mol. The molecule has 0 aliphatic heterocycles. The van der Waals surface area contributed by atoms with E-state index in [1.54, 1.807) is 32.0 Å². The topological polar surface area (TPSA) is 61.8 Å². The summed E-state index contributed by atoms with van der Waals surface area (Å²) < 4.78 is 15.7. The van der Waals surface area contributed by atoms with Crippen LogP contribution in [0.3, 0.4) is 0 Å². The minimum Gasteiger partial charge on any atom is -0.490 e. The molecule has 0 bridgehead atoms. The second-order valence-corrected chi connectivity index (χ2v) is 3.77. The highest BCUT2D eigenvalue weighted by Crippen LogP contribution is 2.29. The molecule has 5 nitrogen and oxygen atoms in total. The van der Waals surface area contributed by atoms with E-state index < -0.39 is 12.1 Å². The fourth-order valence-electron chi connectivity index (χ4n) is 1.46. The van der Waals surface area contributed by atoms with Crippen LogP contribution in [0.5, 0.6) is 11.5 Å². The first-order chi connectivity index (χ1) is 9.12. The summed E-state index contributed by atoms with van der Waals surface area (Å²) >= 11 is 0.